The van der Waals surface area contributed by atoms with E-state index in [1.54, 1.807) is 0 Å². The maximum absolute atomic E-state index is 14.7. The molecule has 10 rings (SSSR count). The minimum Gasteiger partial charge on any atom is -0.457 e. The van der Waals surface area contributed by atoms with Crippen LogP contribution in [0.2, 0.25) is 0 Å². The lowest BCUT2D eigenvalue weighted by Gasteiger charge is -2.39. The molecule has 70 heavy (non-hydrogen) atoms. The number of anilines is 2. The van der Waals surface area contributed by atoms with Gasteiger partial charge < -0.3 is 35.4 Å². The second-order valence-electron chi connectivity index (χ2n) is 17.5. The van der Waals surface area contributed by atoms with Gasteiger partial charge in [-0.2, -0.15) is 10.2 Å². The van der Waals surface area contributed by atoms with Crippen molar-refractivity contribution in [3.05, 3.63) is 147 Å². The van der Waals surface area contributed by atoms with Gasteiger partial charge in [-0.25, -0.2) is 29.3 Å². The number of rotatable bonds is 15. The monoisotopic (exact) mass is 936 g/mol. The molecular weight excluding hydrogens is 885 g/mol. The first kappa shape index (κ1) is 45.5. The number of para-hydroxylation sites is 2. The summed E-state index contributed by atoms with van der Waals surface area (Å²) in [7, 11) is 0. The normalized spacial score (nSPS) is 17.2. The van der Waals surface area contributed by atoms with Crippen LogP contribution >= 0.6 is 0 Å². The highest BCUT2D eigenvalue weighted by atomic mass is 16.5. The minimum absolute atomic E-state index is 0.163. The molecule has 2 saturated heterocycles. The van der Waals surface area contributed by atoms with E-state index in [0.29, 0.717) is 88.5 Å². The van der Waals surface area contributed by atoms with Gasteiger partial charge in [-0.1, -0.05) is 49.1 Å². The Labute approximate surface area is 403 Å². The van der Waals surface area contributed by atoms with Crippen LogP contribution in [0.15, 0.2) is 147 Å². The number of aromatic nitrogens is 8. The third-order valence-electron chi connectivity index (χ3n) is 13.0. The van der Waals surface area contributed by atoms with Crippen molar-refractivity contribution >= 4 is 45.5 Å². The summed E-state index contributed by atoms with van der Waals surface area (Å²) >= 11 is 0. The number of carbonyl (C=O) groups excluding carboxylic acids is 2. The quantitative estimate of drug-likeness (QED) is 0.0655. The number of nitrogens with one attached hydrogen (secondary N) is 1. The molecule has 4 aromatic carbocycles. The Balaban J connectivity index is 0.883. The first-order valence-electron chi connectivity index (χ1n) is 23.4. The Morgan fingerprint density at radius 3 is 1.81 bits per heavy atom. The van der Waals surface area contributed by atoms with Crippen LogP contribution < -0.4 is 20.5 Å². The number of piperidine rings is 2. The Hall–Kier alpha value is -8.28. The Morgan fingerprint density at radius 2 is 1.23 bits per heavy atom. The zero-order valence-electron chi connectivity index (χ0n) is 38.4. The molecule has 4 N–H and O–H groups in total. The van der Waals surface area contributed by atoms with Crippen molar-refractivity contribution in [2.75, 3.05) is 43.8 Å². The van der Waals surface area contributed by atoms with E-state index in [4.69, 9.17) is 30.4 Å². The van der Waals surface area contributed by atoms with Crippen molar-refractivity contribution < 1.29 is 24.2 Å². The maximum Gasteiger partial charge on any atom is 0.248 e. The lowest BCUT2D eigenvalue weighted by atomic mass is 9.95. The molecule has 0 aliphatic carbocycles. The fraction of sp³-hybridized carbons (Fsp3) is 0.245. The van der Waals surface area contributed by atoms with Crippen LogP contribution in [0.3, 0.4) is 0 Å². The molecule has 0 saturated carbocycles. The third kappa shape index (κ3) is 9.44. The highest BCUT2D eigenvalue weighted by molar-refractivity contribution is 6.07. The standard InChI is InChI=1S/C53H52N12O5/c1-3-43(66)42(53(68)63-28-12-14-37(30-63)65-51-45(49(54)55-32-57-51)47(60-65)34-19-23-40(24-20-34)69-38-15-7-5-8-16-38)31-62-27-11-13-36(29-62)64-52-46(50(56-33-58-52)59-44(67)4-2)48(61-64)35-21-25-41(26-22-35)70-39-17-9-6-10-18-39/h3-10,15-26,32-33,36-37,42-43,66H,1-2,11-14,27-31H2,(H2,54,55,57)(H,56,58,59,67)/t36?,37-,42?,43?/m1/s1. The van der Waals surface area contributed by atoms with Crippen LogP contribution in [-0.2, 0) is 9.59 Å². The summed E-state index contributed by atoms with van der Waals surface area (Å²) in [5, 5.41) is 25.8. The molecule has 8 aromatic rings. The number of nitrogens with zero attached hydrogens (tertiary/aromatic N) is 10. The minimum atomic E-state index is -1.10. The van der Waals surface area contributed by atoms with Crippen molar-refractivity contribution in [3.63, 3.8) is 0 Å². The summed E-state index contributed by atoms with van der Waals surface area (Å²) in [5.41, 5.74) is 10.5. The van der Waals surface area contributed by atoms with Crippen LogP contribution in [0.25, 0.3) is 44.6 Å². The molecule has 2 amide bonds. The molecule has 4 atom stereocenters. The summed E-state index contributed by atoms with van der Waals surface area (Å²) in [6, 6.07) is 33.9. The van der Waals surface area contributed by atoms with E-state index in [-0.39, 0.29) is 24.5 Å². The highest BCUT2D eigenvalue weighted by Crippen LogP contribution is 2.38. The zero-order chi connectivity index (χ0) is 48.1. The summed E-state index contributed by atoms with van der Waals surface area (Å²) in [4.78, 5) is 49.5. The molecule has 4 aromatic heterocycles. The van der Waals surface area contributed by atoms with Gasteiger partial charge in [0.15, 0.2) is 11.3 Å². The largest absolute Gasteiger partial charge is 0.457 e. The topological polar surface area (TPSA) is 205 Å². The van der Waals surface area contributed by atoms with E-state index in [9.17, 15) is 14.7 Å². The molecule has 2 aliphatic heterocycles. The van der Waals surface area contributed by atoms with Gasteiger partial charge in [0.1, 0.15) is 58.7 Å². The molecule has 354 valence electrons. The smallest absolute Gasteiger partial charge is 0.248 e. The van der Waals surface area contributed by atoms with Crippen LogP contribution in [0.5, 0.6) is 23.0 Å². The fourth-order valence-electron chi connectivity index (χ4n) is 9.52. The Kier molecular flexibility index (Phi) is 13.1. The van der Waals surface area contributed by atoms with E-state index in [1.807, 2.05) is 123 Å². The first-order chi connectivity index (χ1) is 34.2. The van der Waals surface area contributed by atoms with Gasteiger partial charge in [-0.3, -0.25) is 9.59 Å². The van der Waals surface area contributed by atoms with Gasteiger partial charge in [0, 0.05) is 37.3 Å². The number of nitrogen functional groups attached to an aromatic ring is 1. The fourth-order valence-corrected chi connectivity index (χ4v) is 9.52. The lowest BCUT2D eigenvalue weighted by molar-refractivity contribution is -0.141. The number of benzene rings is 4. The summed E-state index contributed by atoms with van der Waals surface area (Å²) in [6.07, 6.45) is 7.44. The molecule has 0 radical (unpaired) electrons. The van der Waals surface area contributed by atoms with Crippen molar-refractivity contribution in [1.29, 1.82) is 0 Å². The Bertz CT molecular complexity index is 3160. The number of amides is 2. The lowest BCUT2D eigenvalue weighted by Crippen LogP contribution is -2.50. The van der Waals surface area contributed by atoms with E-state index in [2.05, 4.69) is 38.3 Å². The van der Waals surface area contributed by atoms with E-state index >= 15 is 0 Å². The van der Waals surface area contributed by atoms with Crippen molar-refractivity contribution in [3.8, 4) is 45.5 Å². The van der Waals surface area contributed by atoms with Gasteiger partial charge in [-0.15, -0.1) is 6.58 Å². The third-order valence-corrected chi connectivity index (χ3v) is 13.0. The highest BCUT2D eigenvalue weighted by Gasteiger charge is 2.37. The SMILES string of the molecule is C=CC(=O)Nc1ncnc2c1c(-c1ccc(Oc3ccccc3)cc1)nn2C1CCCN(CC(C(=O)N2CCC[C@@H](n3nc(-c4ccc(Oc5ccccc5)cc4)c4c(N)ncnc43)C2)C(O)C=C)C1. The van der Waals surface area contributed by atoms with Crippen LogP contribution in [0, 0.1) is 5.92 Å². The average Bonchev–Trinajstić information content (AvgIpc) is 4.00. The molecule has 6 heterocycles. The zero-order valence-corrected chi connectivity index (χ0v) is 38.4. The van der Waals surface area contributed by atoms with Crippen LogP contribution in [0.4, 0.5) is 11.6 Å². The Morgan fingerprint density at radius 1 is 0.700 bits per heavy atom. The van der Waals surface area contributed by atoms with E-state index in [1.165, 1.54) is 24.8 Å². The van der Waals surface area contributed by atoms with Crippen molar-refractivity contribution in [2.45, 2.75) is 43.9 Å². The number of carbonyl (C=O) groups is 2. The molecule has 17 heteroatoms. The number of ether oxygens (including phenoxy) is 2. The number of fused-ring (bicyclic) bond motifs is 2. The average molecular weight is 937 g/mol. The van der Waals surface area contributed by atoms with Crippen molar-refractivity contribution in [2.24, 2.45) is 5.92 Å². The molecule has 0 bridgehead atoms. The van der Waals surface area contributed by atoms with Gasteiger partial charge >= 0.3 is 0 Å². The molecule has 17 nitrogen and oxygen atoms in total. The number of hydrogen-bond donors (Lipinski definition) is 3. The molecule has 2 aliphatic rings. The number of likely N-dealkylation sites (tertiary alicyclic amines) is 2. The van der Waals surface area contributed by atoms with E-state index < -0.39 is 17.9 Å². The second kappa shape index (κ2) is 20.1. The first-order valence-corrected chi connectivity index (χ1v) is 23.4. The predicted octanol–water partition coefficient (Wildman–Crippen LogP) is 8.26. The van der Waals surface area contributed by atoms with Gasteiger partial charge in [0.25, 0.3) is 0 Å². The van der Waals surface area contributed by atoms with Gasteiger partial charge in [-0.05, 0) is 111 Å². The number of hydrogen-bond acceptors (Lipinski definition) is 13. The molecular formula is C53H52N12O5. The number of nitrogens with two attached hydrogens (primary N) is 1. The molecule has 0 spiro atoms. The van der Waals surface area contributed by atoms with Gasteiger partial charge in [0.05, 0.1) is 34.9 Å². The summed E-state index contributed by atoms with van der Waals surface area (Å²) in [5.74, 6) is 2.03. The van der Waals surface area contributed by atoms with Crippen LogP contribution in [0.1, 0.15) is 37.8 Å². The summed E-state index contributed by atoms with van der Waals surface area (Å²) in [6.45, 7) is 9.92. The maximum atomic E-state index is 14.7. The van der Waals surface area contributed by atoms with Crippen LogP contribution in [-0.4, -0.2) is 105 Å². The van der Waals surface area contributed by atoms with Crippen molar-refractivity contribution in [1.82, 2.24) is 49.3 Å². The molecule has 2 fully saturated rings. The number of aliphatic hydroxyl groups excluding tert-OH is 1. The summed E-state index contributed by atoms with van der Waals surface area (Å²) < 4.78 is 15.9. The predicted molar refractivity (Wildman–Crippen MR) is 267 cm³/mol. The second-order valence-corrected chi connectivity index (χ2v) is 17.5. The van der Waals surface area contributed by atoms with E-state index in [0.717, 1.165) is 42.6 Å². The number of aliphatic hydroxyl groups is 1. The molecule has 3 unspecified atom stereocenters. The van der Waals surface area contributed by atoms with Gasteiger partial charge in [0.2, 0.25) is 11.8 Å².